The van der Waals surface area contributed by atoms with Crippen LogP contribution < -0.4 is 5.32 Å². The highest BCUT2D eigenvalue weighted by molar-refractivity contribution is 5.69. The van der Waals surface area contributed by atoms with E-state index in [1.54, 1.807) is 11.8 Å². The van der Waals surface area contributed by atoms with E-state index < -0.39 is 5.60 Å². The smallest absolute Gasteiger partial charge is 0.410 e. The van der Waals surface area contributed by atoms with Gasteiger partial charge in [-0.05, 0) is 65.8 Å². The van der Waals surface area contributed by atoms with Crippen LogP contribution in [0.3, 0.4) is 0 Å². The minimum Gasteiger partial charge on any atom is -0.444 e. The Hall–Kier alpha value is -2.49. The van der Waals surface area contributed by atoms with Gasteiger partial charge in [-0.3, -0.25) is 0 Å². The molecule has 4 atom stereocenters. The molecule has 2 fully saturated rings. The zero-order chi connectivity index (χ0) is 24.2. The number of nitrogens with one attached hydrogen (secondary N) is 1. The molecule has 0 aromatic carbocycles. The van der Waals surface area contributed by atoms with Crippen molar-refractivity contribution in [3.05, 3.63) is 23.4 Å². The van der Waals surface area contributed by atoms with Crippen molar-refractivity contribution in [2.75, 3.05) is 13.1 Å². The minimum absolute atomic E-state index is 0.183. The number of carbonyl (C=O) groups is 1. The van der Waals surface area contributed by atoms with Gasteiger partial charge in [-0.2, -0.15) is 9.97 Å². The van der Waals surface area contributed by atoms with E-state index in [1.807, 2.05) is 34.6 Å². The maximum absolute atomic E-state index is 12.1. The molecule has 4 heterocycles. The molecule has 2 aromatic heterocycles. The summed E-state index contributed by atoms with van der Waals surface area (Å²) in [6.07, 6.45) is 3.59. The Kier molecular flexibility index (Phi) is 8.10. The molecule has 4 rings (SSSR count). The van der Waals surface area contributed by atoms with Crippen molar-refractivity contribution < 1.29 is 18.6 Å². The molecule has 0 aliphatic carbocycles. The number of hydrogen-bond acceptors (Lipinski definition) is 9. The molecule has 2 aliphatic rings. The van der Waals surface area contributed by atoms with Gasteiger partial charge in [-0.1, -0.05) is 10.3 Å². The summed E-state index contributed by atoms with van der Waals surface area (Å²) in [7, 11) is 0. The van der Waals surface area contributed by atoms with Crippen LogP contribution in [0.2, 0.25) is 0 Å². The van der Waals surface area contributed by atoms with Crippen LogP contribution in [0.25, 0.3) is 0 Å². The lowest BCUT2D eigenvalue weighted by molar-refractivity contribution is 0.0233. The Morgan fingerprint density at radius 3 is 2.06 bits per heavy atom. The summed E-state index contributed by atoms with van der Waals surface area (Å²) in [6, 6.07) is 0.820. The SMILES string of the molecule is Cc1nc(CC2CN[C@@H](C)C2)no1.Cc1nc(CC2C[C@H](C)N(C(=O)OC(C)(C)C)C2)no1. The van der Waals surface area contributed by atoms with Gasteiger partial charge in [0.15, 0.2) is 11.6 Å². The van der Waals surface area contributed by atoms with Crippen molar-refractivity contribution in [1.82, 2.24) is 30.5 Å². The first-order valence-corrected chi connectivity index (χ1v) is 11.8. The van der Waals surface area contributed by atoms with Crippen molar-refractivity contribution in [2.45, 2.75) is 91.8 Å². The Morgan fingerprint density at radius 2 is 1.61 bits per heavy atom. The van der Waals surface area contributed by atoms with E-state index in [0.29, 0.717) is 42.0 Å². The van der Waals surface area contributed by atoms with Crippen molar-refractivity contribution in [3.63, 3.8) is 0 Å². The predicted molar refractivity (Wildman–Crippen MR) is 122 cm³/mol. The zero-order valence-electron chi connectivity index (χ0n) is 20.9. The molecule has 10 heteroatoms. The molecule has 184 valence electrons. The molecule has 0 saturated carbocycles. The molecular formula is C23H38N6O4. The number of aromatic nitrogens is 4. The lowest BCUT2D eigenvalue weighted by Crippen LogP contribution is -2.38. The van der Waals surface area contributed by atoms with E-state index in [4.69, 9.17) is 13.8 Å². The van der Waals surface area contributed by atoms with Crippen LogP contribution in [0.4, 0.5) is 4.79 Å². The summed E-state index contributed by atoms with van der Waals surface area (Å²) in [5.74, 6) is 3.83. The standard InChI is InChI=1S/C14H23N3O3.C9H15N3O/c1-9-6-11(7-12-15-10(2)20-16-12)8-17(9)13(18)19-14(3,4)5;1-6-3-8(5-10-6)4-9-11-7(2)13-12-9/h9,11H,6-8H2,1-5H3;6,8,10H,3-5H2,1-2H3/t9-,11?;6-,8?/m00/s1. The first-order valence-electron chi connectivity index (χ1n) is 11.8. The average Bonchev–Trinajstić information content (AvgIpc) is 3.46. The van der Waals surface area contributed by atoms with Crippen LogP contribution in [-0.4, -0.2) is 62.0 Å². The summed E-state index contributed by atoms with van der Waals surface area (Å²) in [5, 5.41) is 11.2. The molecule has 10 nitrogen and oxygen atoms in total. The van der Waals surface area contributed by atoms with Gasteiger partial charge in [0, 0.05) is 45.3 Å². The number of hydrogen-bond donors (Lipinski definition) is 1. The number of ether oxygens (including phenoxy) is 1. The van der Waals surface area contributed by atoms with Crippen LogP contribution in [0, 0.1) is 25.7 Å². The first-order chi connectivity index (χ1) is 15.5. The minimum atomic E-state index is -0.459. The van der Waals surface area contributed by atoms with Gasteiger partial charge in [0.2, 0.25) is 11.8 Å². The summed E-state index contributed by atoms with van der Waals surface area (Å²) >= 11 is 0. The lowest BCUT2D eigenvalue weighted by atomic mass is 10.0. The fourth-order valence-electron chi connectivity index (χ4n) is 4.42. The number of rotatable bonds is 4. The summed E-state index contributed by atoms with van der Waals surface area (Å²) < 4.78 is 15.3. The van der Waals surface area contributed by atoms with Crippen LogP contribution in [0.1, 0.15) is 70.9 Å². The molecule has 0 bridgehead atoms. The number of likely N-dealkylation sites (tertiary alicyclic amines) is 1. The number of aryl methyl sites for hydroxylation is 2. The highest BCUT2D eigenvalue weighted by Crippen LogP contribution is 2.27. The van der Waals surface area contributed by atoms with E-state index in [1.165, 1.54) is 6.42 Å². The van der Waals surface area contributed by atoms with Gasteiger partial charge >= 0.3 is 6.09 Å². The number of amides is 1. The molecule has 33 heavy (non-hydrogen) atoms. The molecule has 2 aromatic rings. The summed E-state index contributed by atoms with van der Waals surface area (Å²) in [5.41, 5.74) is -0.459. The fraction of sp³-hybridized carbons (Fsp3) is 0.783. The third kappa shape index (κ3) is 7.80. The van der Waals surface area contributed by atoms with E-state index in [-0.39, 0.29) is 12.1 Å². The molecule has 2 saturated heterocycles. The fourth-order valence-corrected chi connectivity index (χ4v) is 4.42. The van der Waals surface area contributed by atoms with Crippen LogP contribution in [0.5, 0.6) is 0 Å². The topological polar surface area (TPSA) is 119 Å². The van der Waals surface area contributed by atoms with E-state index in [9.17, 15) is 4.79 Å². The molecular weight excluding hydrogens is 424 g/mol. The normalized spacial score (nSPS) is 25.1. The van der Waals surface area contributed by atoms with Gasteiger partial charge in [-0.25, -0.2) is 4.79 Å². The van der Waals surface area contributed by atoms with Gasteiger partial charge < -0.3 is 24.0 Å². The van der Waals surface area contributed by atoms with Crippen LogP contribution in [0.15, 0.2) is 9.05 Å². The summed E-state index contributed by atoms with van der Waals surface area (Å²) in [4.78, 5) is 22.3. The average molecular weight is 463 g/mol. The van der Waals surface area contributed by atoms with Crippen molar-refractivity contribution >= 4 is 6.09 Å². The predicted octanol–water partition coefficient (Wildman–Crippen LogP) is 3.48. The monoisotopic (exact) mass is 462 g/mol. The second kappa shape index (κ2) is 10.6. The molecule has 0 radical (unpaired) electrons. The van der Waals surface area contributed by atoms with Gasteiger partial charge in [0.1, 0.15) is 5.60 Å². The second-order valence-corrected chi connectivity index (χ2v) is 10.4. The highest BCUT2D eigenvalue weighted by atomic mass is 16.6. The first kappa shape index (κ1) is 25.1. The highest BCUT2D eigenvalue weighted by Gasteiger charge is 2.35. The summed E-state index contributed by atoms with van der Waals surface area (Å²) in [6.45, 7) is 15.3. The number of carbonyl (C=O) groups excluding carboxylic acids is 1. The molecule has 2 unspecified atom stereocenters. The van der Waals surface area contributed by atoms with Crippen molar-refractivity contribution in [1.29, 1.82) is 0 Å². The van der Waals surface area contributed by atoms with Crippen molar-refractivity contribution in [3.8, 4) is 0 Å². The van der Waals surface area contributed by atoms with Gasteiger partial charge in [-0.15, -0.1) is 0 Å². The van der Waals surface area contributed by atoms with E-state index >= 15 is 0 Å². The number of nitrogens with zero attached hydrogens (tertiary/aromatic N) is 5. The maximum atomic E-state index is 12.1. The molecule has 2 aliphatic heterocycles. The largest absolute Gasteiger partial charge is 0.444 e. The third-order valence-electron chi connectivity index (χ3n) is 5.81. The van der Waals surface area contributed by atoms with Crippen LogP contribution in [-0.2, 0) is 17.6 Å². The second-order valence-electron chi connectivity index (χ2n) is 10.4. The Bertz CT molecular complexity index is 905. The quantitative estimate of drug-likeness (QED) is 0.728. The molecule has 1 N–H and O–H groups in total. The van der Waals surface area contributed by atoms with Crippen molar-refractivity contribution in [2.24, 2.45) is 11.8 Å². The lowest BCUT2D eigenvalue weighted by Gasteiger charge is -2.27. The van der Waals surface area contributed by atoms with Gasteiger partial charge in [0.25, 0.3) is 0 Å². The molecule has 1 amide bonds. The Morgan fingerprint density at radius 1 is 1.03 bits per heavy atom. The van der Waals surface area contributed by atoms with E-state index in [0.717, 1.165) is 31.6 Å². The molecule has 0 spiro atoms. The van der Waals surface area contributed by atoms with Crippen LogP contribution >= 0.6 is 0 Å². The van der Waals surface area contributed by atoms with E-state index in [2.05, 4.69) is 32.5 Å². The Labute approximate surface area is 195 Å². The van der Waals surface area contributed by atoms with Gasteiger partial charge in [0.05, 0.1) is 0 Å². The third-order valence-corrected chi connectivity index (χ3v) is 5.81. The maximum Gasteiger partial charge on any atom is 0.410 e. The Balaban J connectivity index is 0.000000203. The zero-order valence-corrected chi connectivity index (χ0v) is 20.9.